The Hall–Kier alpha value is -4.82. The number of aliphatic hydroxyl groups excluding tert-OH is 1. The molecule has 4 rings (SSSR count). The molecule has 1 aliphatic rings. The highest BCUT2D eigenvalue weighted by Gasteiger charge is 2.27. The number of unbranched alkanes of at least 4 members (excludes halogenated alkanes) is 8. The van der Waals surface area contributed by atoms with E-state index in [1.54, 1.807) is 42.5 Å². The minimum atomic E-state index is -1.18. The predicted molar refractivity (Wildman–Crippen MR) is 244 cm³/mol. The lowest BCUT2D eigenvalue weighted by atomic mass is 9.83. The molecule has 1 aliphatic carbocycles. The van der Waals surface area contributed by atoms with E-state index < -0.39 is 12.0 Å². The van der Waals surface area contributed by atoms with Gasteiger partial charge in [0.05, 0.1) is 6.10 Å². The molecule has 3 aromatic carbocycles. The first-order valence-electron chi connectivity index (χ1n) is 23.0. The van der Waals surface area contributed by atoms with Crippen LogP contribution in [-0.4, -0.2) is 49.7 Å². The third-order valence-corrected chi connectivity index (χ3v) is 12.1. The molecule has 0 fully saturated rings. The second-order valence-electron chi connectivity index (χ2n) is 17.4. The van der Waals surface area contributed by atoms with E-state index in [1.165, 1.54) is 0 Å². The topological polar surface area (TPSA) is 149 Å². The van der Waals surface area contributed by atoms with Gasteiger partial charge in [-0.25, -0.2) is 0 Å². The number of carbonyl (C=O) groups excluding carboxylic acids is 4. The summed E-state index contributed by atoms with van der Waals surface area (Å²) in [6.45, 7) is 14.2. The summed E-state index contributed by atoms with van der Waals surface area (Å²) in [7, 11) is 0. The lowest BCUT2D eigenvalue weighted by Crippen LogP contribution is -2.24. The minimum Gasteiger partial charge on any atom is -0.507 e. The van der Waals surface area contributed by atoms with E-state index in [9.17, 15) is 39.6 Å². The number of phenolic OH excluding ortho intramolecular Hbond substituents is 3. The highest BCUT2D eigenvalue weighted by atomic mass is 16.3. The molecular weight excluding hydrogens is 765 g/mol. The van der Waals surface area contributed by atoms with Gasteiger partial charge in [0, 0.05) is 60.8 Å². The summed E-state index contributed by atoms with van der Waals surface area (Å²) < 4.78 is 0. The van der Waals surface area contributed by atoms with Crippen molar-refractivity contribution >= 4 is 23.1 Å². The van der Waals surface area contributed by atoms with Crippen molar-refractivity contribution in [1.29, 1.82) is 0 Å². The van der Waals surface area contributed by atoms with E-state index in [1.807, 2.05) is 6.92 Å². The molecule has 0 spiro atoms. The number of hydrogen-bond acceptors (Lipinski definition) is 8. The van der Waals surface area contributed by atoms with Crippen molar-refractivity contribution in [1.82, 2.24) is 0 Å². The molecule has 8 nitrogen and oxygen atoms in total. The highest BCUT2D eigenvalue weighted by molar-refractivity contribution is 5.99. The first kappa shape index (κ1) is 48.8. The van der Waals surface area contributed by atoms with Gasteiger partial charge in [0.1, 0.15) is 17.2 Å². The van der Waals surface area contributed by atoms with Crippen molar-refractivity contribution < 1.29 is 39.6 Å². The average molecular weight is 835 g/mol. The van der Waals surface area contributed by atoms with Gasteiger partial charge in [-0.1, -0.05) is 92.6 Å². The number of aromatic hydroxyl groups is 3. The first-order valence-corrected chi connectivity index (χ1v) is 23.0. The molecule has 0 saturated carbocycles. The smallest absolute Gasteiger partial charge is 0.162 e. The molecule has 0 aromatic heterocycles. The van der Waals surface area contributed by atoms with Crippen molar-refractivity contribution in [3.05, 3.63) is 110 Å². The molecule has 61 heavy (non-hydrogen) atoms. The lowest BCUT2D eigenvalue weighted by Gasteiger charge is -2.25. The van der Waals surface area contributed by atoms with Gasteiger partial charge in [-0.05, 0) is 126 Å². The first-order chi connectivity index (χ1) is 29.2. The van der Waals surface area contributed by atoms with E-state index in [4.69, 9.17) is 0 Å². The molecule has 2 atom stereocenters. The summed E-state index contributed by atoms with van der Waals surface area (Å²) in [6, 6.07) is 9.95. The zero-order valence-corrected chi connectivity index (χ0v) is 37.5. The highest BCUT2D eigenvalue weighted by Crippen LogP contribution is 2.39. The third kappa shape index (κ3) is 13.6. The van der Waals surface area contributed by atoms with Crippen molar-refractivity contribution in [2.45, 2.75) is 169 Å². The maximum atomic E-state index is 13.8. The van der Waals surface area contributed by atoms with Gasteiger partial charge < -0.3 is 20.4 Å². The van der Waals surface area contributed by atoms with E-state index >= 15 is 0 Å². The lowest BCUT2D eigenvalue weighted by molar-refractivity contribution is -0.115. The monoisotopic (exact) mass is 835 g/mol. The van der Waals surface area contributed by atoms with Gasteiger partial charge in [0.15, 0.2) is 23.1 Å². The van der Waals surface area contributed by atoms with Crippen molar-refractivity contribution in [2.24, 2.45) is 5.92 Å². The molecule has 330 valence electrons. The number of ketones is 4. The summed E-state index contributed by atoms with van der Waals surface area (Å²) in [5.41, 5.74) is 4.14. The number of carbonyl (C=O) groups is 4. The second kappa shape index (κ2) is 24.0. The number of fused-ring (bicyclic) bond motifs is 6. The van der Waals surface area contributed by atoms with Crippen LogP contribution in [0.5, 0.6) is 17.2 Å². The molecule has 6 bridgehead atoms. The normalized spacial score (nSPS) is 16.1. The molecule has 4 N–H and O–H groups in total. The Morgan fingerprint density at radius 2 is 0.869 bits per heavy atom. The van der Waals surface area contributed by atoms with Gasteiger partial charge in [-0.3, -0.25) is 19.2 Å². The number of aliphatic hydroxyl groups is 1. The summed E-state index contributed by atoms with van der Waals surface area (Å²) in [6.07, 6.45) is 12.0. The molecule has 2 unspecified atom stereocenters. The van der Waals surface area contributed by atoms with Crippen LogP contribution in [0.3, 0.4) is 0 Å². The molecule has 8 heteroatoms. The van der Waals surface area contributed by atoms with Gasteiger partial charge >= 0.3 is 0 Å². The van der Waals surface area contributed by atoms with Crippen LogP contribution >= 0.6 is 0 Å². The zero-order valence-electron chi connectivity index (χ0n) is 37.5. The standard InChI is InChI=1S/C53H70O8/c1-7-11-15-19-46(54)34(5)23-39-31-41-27-37(48(56)21-17-13-9-3)28-44(52(41)60)33-45-30-38(49(57)22-18-14-10-4)29-43(53(45)61)32-42-26-36(47(55)20-16-12-8-2)25-40(51(42)59)24-35(6)50(39)58/h23,25-30,35,50,58-61H,5,7-22,24,31-33H2,1-4,6H3/b39-23-. The molecule has 0 radical (unpaired) electrons. The molecule has 0 heterocycles. The SMILES string of the molecule is C=C(/C=C1/Cc2cc(C(=O)CCCCC)cc(c2O)Cc2cc(C(=O)CCCCC)cc(c2O)Cc2cc(C(=O)CCCCC)cc(c2O)CC(C)C1O)C(=O)CCCCC. The minimum absolute atomic E-state index is 0.000925. The summed E-state index contributed by atoms with van der Waals surface area (Å²) >= 11 is 0. The number of Topliss-reactive ketones (excluding diaryl/α,β-unsaturated/α-hetero) is 4. The molecule has 0 aliphatic heterocycles. The van der Waals surface area contributed by atoms with Gasteiger partial charge in [0.25, 0.3) is 0 Å². The van der Waals surface area contributed by atoms with Crippen molar-refractivity contribution in [3.63, 3.8) is 0 Å². The number of hydrogen-bond donors (Lipinski definition) is 4. The fourth-order valence-corrected chi connectivity index (χ4v) is 8.33. The van der Waals surface area contributed by atoms with E-state index in [0.29, 0.717) is 101 Å². The van der Waals surface area contributed by atoms with Crippen LogP contribution < -0.4 is 0 Å². The van der Waals surface area contributed by atoms with Crippen LogP contribution in [0.4, 0.5) is 0 Å². The Morgan fingerprint density at radius 1 is 0.541 bits per heavy atom. The Labute approximate surface area is 364 Å². The predicted octanol–water partition coefficient (Wildman–Crippen LogP) is 12.0. The fraction of sp³-hybridized carbons (Fsp3) is 0.509. The summed E-state index contributed by atoms with van der Waals surface area (Å²) in [5.74, 6) is -1.26. The number of allylic oxidation sites excluding steroid dienone is 2. The molecule has 0 amide bonds. The fourth-order valence-electron chi connectivity index (χ4n) is 8.33. The Kier molecular flexibility index (Phi) is 19.2. The van der Waals surface area contributed by atoms with Gasteiger partial charge in [0.2, 0.25) is 0 Å². The number of rotatable bonds is 21. The van der Waals surface area contributed by atoms with Crippen LogP contribution in [0.25, 0.3) is 0 Å². The summed E-state index contributed by atoms with van der Waals surface area (Å²) in [4.78, 5) is 54.5. The Balaban J connectivity index is 2.01. The van der Waals surface area contributed by atoms with E-state index in [0.717, 1.165) is 57.8 Å². The maximum Gasteiger partial charge on any atom is 0.162 e. The molecular formula is C53H70O8. The third-order valence-electron chi connectivity index (χ3n) is 12.1. The molecule has 3 aromatic rings. The van der Waals surface area contributed by atoms with Crippen LogP contribution in [0, 0.1) is 5.92 Å². The number of phenols is 3. The average Bonchev–Trinajstić information content (AvgIpc) is 3.23. The van der Waals surface area contributed by atoms with Crippen LogP contribution in [0.1, 0.15) is 202 Å². The van der Waals surface area contributed by atoms with Crippen LogP contribution in [0.2, 0.25) is 0 Å². The van der Waals surface area contributed by atoms with Crippen LogP contribution in [0.15, 0.2) is 60.2 Å². The van der Waals surface area contributed by atoms with Crippen molar-refractivity contribution in [3.8, 4) is 17.2 Å². The summed E-state index contributed by atoms with van der Waals surface area (Å²) in [5, 5.41) is 48.2. The van der Waals surface area contributed by atoms with E-state index in [-0.39, 0.29) is 71.6 Å². The molecule has 0 saturated heterocycles. The number of benzene rings is 3. The Bertz CT molecular complexity index is 2070. The Morgan fingerprint density at radius 3 is 1.25 bits per heavy atom. The van der Waals surface area contributed by atoms with Gasteiger partial charge in [-0.15, -0.1) is 0 Å². The van der Waals surface area contributed by atoms with E-state index in [2.05, 4.69) is 34.3 Å². The van der Waals surface area contributed by atoms with Gasteiger partial charge in [-0.2, -0.15) is 0 Å². The quantitative estimate of drug-likeness (QED) is 0.0471. The van der Waals surface area contributed by atoms with Crippen molar-refractivity contribution in [2.75, 3.05) is 0 Å². The van der Waals surface area contributed by atoms with Crippen LogP contribution in [-0.2, 0) is 30.5 Å². The largest absolute Gasteiger partial charge is 0.507 e. The second-order valence-corrected chi connectivity index (χ2v) is 17.4. The zero-order chi connectivity index (χ0) is 44.6. The maximum absolute atomic E-state index is 13.8.